The van der Waals surface area contributed by atoms with Crippen molar-refractivity contribution in [3.63, 3.8) is 0 Å². The molecule has 0 atom stereocenters. The molecule has 1 aromatic heterocycles. The summed E-state index contributed by atoms with van der Waals surface area (Å²) < 4.78 is 5.34. The number of rotatable bonds is 10. The van der Waals surface area contributed by atoms with E-state index in [0.29, 0.717) is 0 Å². The first-order valence-corrected chi connectivity index (χ1v) is 9.93. The van der Waals surface area contributed by atoms with Gasteiger partial charge >= 0.3 is 0 Å². The zero-order valence-corrected chi connectivity index (χ0v) is 15.8. The van der Waals surface area contributed by atoms with E-state index in [2.05, 4.69) is 25.9 Å². The third kappa shape index (κ3) is 6.65. The second-order valence-corrected chi connectivity index (χ2v) is 6.73. The van der Waals surface area contributed by atoms with Crippen molar-refractivity contribution in [3.8, 4) is 0 Å². The number of aromatic nitrogens is 1. The first kappa shape index (κ1) is 19.0. The normalized spacial score (nSPS) is 15.1. The number of nitrogens with one attached hydrogen (secondary N) is 2. The van der Waals surface area contributed by atoms with E-state index in [4.69, 9.17) is 9.72 Å². The van der Waals surface area contributed by atoms with Crippen LogP contribution < -0.4 is 15.5 Å². The van der Waals surface area contributed by atoms with Crippen molar-refractivity contribution in [2.75, 3.05) is 51.3 Å². The van der Waals surface area contributed by atoms with Gasteiger partial charge < -0.3 is 20.3 Å². The maximum absolute atomic E-state index is 5.34. The first-order chi connectivity index (χ1) is 11.8. The quantitative estimate of drug-likeness (QED) is 0.384. The Morgan fingerprint density at radius 2 is 2.08 bits per heavy atom. The number of hydrogen-bond donors (Lipinski definition) is 2. The van der Waals surface area contributed by atoms with Crippen molar-refractivity contribution in [1.29, 1.82) is 0 Å². The third-order valence-electron chi connectivity index (χ3n) is 4.03. The SMILES string of the molecule is CCOCCCCNC(=NC)NCCc1csc(N2CCCC2)n1. The molecule has 0 aliphatic carbocycles. The maximum atomic E-state index is 5.34. The second kappa shape index (κ2) is 11.3. The van der Waals surface area contributed by atoms with Crippen molar-refractivity contribution in [3.05, 3.63) is 11.1 Å². The molecule has 0 unspecified atom stereocenters. The predicted octanol–water partition coefficient (Wildman–Crippen LogP) is 2.27. The topological polar surface area (TPSA) is 61.8 Å². The Labute approximate surface area is 149 Å². The molecule has 7 heteroatoms. The molecule has 2 rings (SSSR count). The predicted molar refractivity (Wildman–Crippen MR) is 102 cm³/mol. The fraction of sp³-hybridized carbons (Fsp3) is 0.765. The molecular formula is C17H31N5OS. The molecule has 0 saturated carbocycles. The summed E-state index contributed by atoms with van der Waals surface area (Å²) in [4.78, 5) is 11.4. The number of ether oxygens (including phenoxy) is 1. The molecule has 0 radical (unpaired) electrons. The Morgan fingerprint density at radius 3 is 2.83 bits per heavy atom. The van der Waals surface area contributed by atoms with Crippen LogP contribution in [0.4, 0.5) is 5.13 Å². The van der Waals surface area contributed by atoms with Gasteiger partial charge in [-0.25, -0.2) is 4.98 Å². The summed E-state index contributed by atoms with van der Waals surface area (Å²) in [7, 11) is 1.81. The molecule has 24 heavy (non-hydrogen) atoms. The van der Waals surface area contributed by atoms with Crippen LogP contribution in [0.2, 0.25) is 0 Å². The highest BCUT2D eigenvalue weighted by Gasteiger charge is 2.15. The van der Waals surface area contributed by atoms with Crippen LogP contribution in [0.3, 0.4) is 0 Å². The standard InChI is InChI=1S/C17H31N5OS/c1-3-23-13-7-4-9-19-16(18-2)20-10-8-15-14-24-17(21-15)22-11-5-6-12-22/h14H,3-13H2,1-2H3,(H2,18,19,20). The van der Waals surface area contributed by atoms with Gasteiger partial charge in [0.15, 0.2) is 11.1 Å². The maximum Gasteiger partial charge on any atom is 0.190 e. The van der Waals surface area contributed by atoms with E-state index < -0.39 is 0 Å². The highest BCUT2D eigenvalue weighted by Crippen LogP contribution is 2.24. The summed E-state index contributed by atoms with van der Waals surface area (Å²) in [5.74, 6) is 0.862. The minimum atomic E-state index is 0.798. The van der Waals surface area contributed by atoms with Crippen LogP contribution in [-0.2, 0) is 11.2 Å². The van der Waals surface area contributed by atoms with Crippen molar-refractivity contribution in [2.24, 2.45) is 4.99 Å². The minimum Gasteiger partial charge on any atom is -0.382 e. The average molecular weight is 354 g/mol. The number of nitrogens with zero attached hydrogens (tertiary/aromatic N) is 3. The van der Waals surface area contributed by atoms with Crippen molar-refractivity contribution >= 4 is 22.4 Å². The van der Waals surface area contributed by atoms with Gasteiger partial charge in [-0.1, -0.05) is 0 Å². The largest absolute Gasteiger partial charge is 0.382 e. The Balaban J connectivity index is 1.59. The lowest BCUT2D eigenvalue weighted by Crippen LogP contribution is -2.38. The van der Waals surface area contributed by atoms with Crippen LogP contribution in [0.1, 0.15) is 38.3 Å². The van der Waals surface area contributed by atoms with Gasteiger partial charge in [-0.2, -0.15) is 0 Å². The van der Waals surface area contributed by atoms with E-state index >= 15 is 0 Å². The molecule has 2 heterocycles. The van der Waals surface area contributed by atoms with Crippen LogP contribution in [0.25, 0.3) is 0 Å². The van der Waals surface area contributed by atoms with Gasteiger partial charge in [-0.3, -0.25) is 4.99 Å². The Hall–Kier alpha value is -1.34. The van der Waals surface area contributed by atoms with Gasteiger partial charge in [0.2, 0.25) is 0 Å². The molecule has 136 valence electrons. The van der Waals surface area contributed by atoms with Crippen molar-refractivity contribution < 1.29 is 4.74 Å². The molecular weight excluding hydrogens is 322 g/mol. The molecule has 2 N–H and O–H groups in total. The molecule has 1 aromatic rings. The van der Waals surface area contributed by atoms with E-state index in [9.17, 15) is 0 Å². The molecule has 6 nitrogen and oxygen atoms in total. The number of aliphatic imine (C=N–C) groups is 1. The van der Waals surface area contributed by atoms with Crippen LogP contribution in [0, 0.1) is 0 Å². The van der Waals surface area contributed by atoms with E-state index in [0.717, 1.165) is 64.6 Å². The van der Waals surface area contributed by atoms with Crippen LogP contribution in [0.5, 0.6) is 0 Å². The molecule has 1 saturated heterocycles. The Kier molecular flexibility index (Phi) is 8.91. The molecule has 1 fully saturated rings. The average Bonchev–Trinajstić information content (AvgIpc) is 3.27. The molecule has 0 bridgehead atoms. The molecule has 1 aliphatic rings. The summed E-state index contributed by atoms with van der Waals surface area (Å²) in [5, 5.41) is 10.1. The van der Waals surface area contributed by atoms with Gasteiger partial charge in [-0.05, 0) is 32.6 Å². The van der Waals surface area contributed by atoms with Gasteiger partial charge in [0, 0.05) is 58.2 Å². The monoisotopic (exact) mass is 353 g/mol. The summed E-state index contributed by atoms with van der Waals surface area (Å²) >= 11 is 1.76. The number of anilines is 1. The number of unbranched alkanes of at least 4 members (excludes halogenated alkanes) is 1. The highest BCUT2D eigenvalue weighted by atomic mass is 32.1. The van der Waals surface area contributed by atoms with E-state index in [1.54, 1.807) is 11.3 Å². The fourth-order valence-corrected chi connectivity index (χ4v) is 3.59. The fourth-order valence-electron chi connectivity index (χ4n) is 2.67. The zero-order chi connectivity index (χ0) is 17.0. The number of thiazole rings is 1. The molecule has 0 aromatic carbocycles. The zero-order valence-electron chi connectivity index (χ0n) is 15.0. The summed E-state index contributed by atoms with van der Waals surface area (Å²) in [6, 6.07) is 0. The van der Waals surface area contributed by atoms with Gasteiger partial charge in [-0.15, -0.1) is 11.3 Å². The van der Waals surface area contributed by atoms with E-state index in [1.807, 2.05) is 14.0 Å². The molecule has 0 amide bonds. The Bertz CT molecular complexity index is 485. The Morgan fingerprint density at radius 1 is 1.29 bits per heavy atom. The lowest BCUT2D eigenvalue weighted by molar-refractivity contribution is 0.143. The smallest absolute Gasteiger partial charge is 0.190 e. The van der Waals surface area contributed by atoms with Crippen molar-refractivity contribution in [2.45, 2.75) is 39.0 Å². The van der Waals surface area contributed by atoms with Crippen LogP contribution in [-0.4, -0.2) is 57.4 Å². The molecule has 1 aliphatic heterocycles. The van der Waals surface area contributed by atoms with Gasteiger partial charge in [0.1, 0.15) is 0 Å². The first-order valence-electron chi connectivity index (χ1n) is 9.05. The van der Waals surface area contributed by atoms with Gasteiger partial charge in [0.05, 0.1) is 5.69 Å². The highest BCUT2D eigenvalue weighted by molar-refractivity contribution is 7.13. The van der Waals surface area contributed by atoms with E-state index in [1.165, 1.54) is 23.7 Å². The number of guanidine groups is 1. The van der Waals surface area contributed by atoms with Gasteiger partial charge in [0.25, 0.3) is 0 Å². The van der Waals surface area contributed by atoms with Crippen LogP contribution >= 0.6 is 11.3 Å². The molecule has 0 spiro atoms. The van der Waals surface area contributed by atoms with Crippen molar-refractivity contribution in [1.82, 2.24) is 15.6 Å². The van der Waals surface area contributed by atoms with E-state index in [-0.39, 0.29) is 0 Å². The lowest BCUT2D eigenvalue weighted by Gasteiger charge is -2.12. The lowest BCUT2D eigenvalue weighted by atomic mass is 10.3. The minimum absolute atomic E-state index is 0.798. The summed E-state index contributed by atoms with van der Waals surface area (Å²) in [5.41, 5.74) is 1.17. The summed E-state index contributed by atoms with van der Waals surface area (Å²) in [6.07, 6.45) is 5.68. The summed E-state index contributed by atoms with van der Waals surface area (Å²) in [6.45, 7) is 7.75. The third-order valence-corrected chi connectivity index (χ3v) is 4.98. The number of hydrogen-bond acceptors (Lipinski definition) is 5. The van der Waals surface area contributed by atoms with Crippen LogP contribution in [0.15, 0.2) is 10.4 Å². The second-order valence-electron chi connectivity index (χ2n) is 5.90.